The lowest BCUT2D eigenvalue weighted by atomic mass is 10.3. The minimum absolute atomic E-state index is 0.149. The molecule has 1 atom stereocenters. The third-order valence-corrected chi connectivity index (χ3v) is 3.46. The van der Waals surface area contributed by atoms with Gasteiger partial charge in [0.05, 0.1) is 11.7 Å². The Balaban J connectivity index is 2.09. The fourth-order valence-corrected chi connectivity index (χ4v) is 2.20. The molecule has 0 saturated carbocycles. The van der Waals surface area contributed by atoms with Crippen LogP contribution in [0.1, 0.15) is 35.4 Å². The Labute approximate surface area is 109 Å². The molecular formula is C11H15N5OS. The molecule has 96 valence electrons. The zero-order valence-electron chi connectivity index (χ0n) is 10.3. The second-order valence-corrected chi connectivity index (χ2v) is 4.78. The van der Waals surface area contributed by atoms with Crippen LogP contribution >= 0.6 is 11.3 Å². The third kappa shape index (κ3) is 2.51. The number of anilines is 1. The molecule has 0 saturated heterocycles. The molecule has 0 aromatic carbocycles. The number of hydrogen-bond acceptors (Lipinski definition) is 5. The van der Waals surface area contributed by atoms with Crippen molar-refractivity contribution < 1.29 is 4.79 Å². The largest absolute Gasteiger partial charge is 0.396 e. The van der Waals surface area contributed by atoms with Crippen LogP contribution in [0.3, 0.4) is 0 Å². The molecule has 2 heterocycles. The Morgan fingerprint density at radius 3 is 3.00 bits per heavy atom. The summed E-state index contributed by atoms with van der Waals surface area (Å²) in [6, 6.07) is -0.149. The van der Waals surface area contributed by atoms with Gasteiger partial charge >= 0.3 is 0 Å². The van der Waals surface area contributed by atoms with Crippen molar-refractivity contribution >= 4 is 22.9 Å². The third-order valence-electron chi connectivity index (χ3n) is 2.50. The van der Waals surface area contributed by atoms with Crippen LogP contribution in [0.15, 0.2) is 17.8 Å². The van der Waals surface area contributed by atoms with E-state index in [1.807, 2.05) is 19.2 Å². The SMILES string of the molecule is CCn1cc(N)c(C(=O)NC(C)c2nccs2)n1. The molecule has 18 heavy (non-hydrogen) atoms. The molecule has 0 aliphatic rings. The Morgan fingerprint density at radius 2 is 2.44 bits per heavy atom. The molecule has 0 radical (unpaired) electrons. The number of carbonyl (C=O) groups excluding carboxylic acids is 1. The number of nitrogen functional groups attached to an aromatic ring is 1. The number of aromatic nitrogens is 3. The quantitative estimate of drug-likeness (QED) is 0.875. The predicted molar refractivity (Wildman–Crippen MR) is 70.3 cm³/mol. The normalized spacial score (nSPS) is 12.3. The van der Waals surface area contributed by atoms with Gasteiger partial charge in [0, 0.05) is 24.3 Å². The maximum absolute atomic E-state index is 12.0. The van der Waals surface area contributed by atoms with Crippen LogP contribution in [0.4, 0.5) is 5.69 Å². The highest BCUT2D eigenvalue weighted by molar-refractivity contribution is 7.09. The molecule has 0 bridgehead atoms. The molecule has 0 aliphatic carbocycles. The number of amides is 1. The van der Waals surface area contributed by atoms with Gasteiger partial charge in [-0.1, -0.05) is 0 Å². The summed E-state index contributed by atoms with van der Waals surface area (Å²) >= 11 is 1.50. The lowest BCUT2D eigenvalue weighted by molar-refractivity contribution is 0.0935. The summed E-state index contributed by atoms with van der Waals surface area (Å²) in [6.07, 6.45) is 3.37. The average molecular weight is 265 g/mol. The second-order valence-electron chi connectivity index (χ2n) is 3.85. The van der Waals surface area contributed by atoms with Crippen molar-refractivity contribution in [2.45, 2.75) is 26.4 Å². The van der Waals surface area contributed by atoms with E-state index in [1.54, 1.807) is 17.1 Å². The van der Waals surface area contributed by atoms with E-state index in [0.29, 0.717) is 12.2 Å². The number of nitrogens with one attached hydrogen (secondary N) is 1. The number of aryl methyl sites for hydroxylation is 1. The van der Waals surface area contributed by atoms with Crippen molar-refractivity contribution in [2.75, 3.05) is 5.73 Å². The van der Waals surface area contributed by atoms with Crippen molar-refractivity contribution in [3.8, 4) is 0 Å². The summed E-state index contributed by atoms with van der Waals surface area (Å²) in [6.45, 7) is 4.50. The number of nitrogens with two attached hydrogens (primary N) is 1. The van der Waals surface area contributed by atoms with Crippen LogP contribution in [-0.4, -0.2) is 20.7 Å². The van der Waals surface area contributed by atoms with E-state index in [2.05, 4.69) is 15.4 Å². The van der Waals surface area contributed by atoms with Crippen LogP contribution in [0, 0.1) is 0 Å². The van der Waals surface area contributed by atoms with E-state index in [1.165, 1.54) is 11.3 Å². The first-order valence-electron chi connectivity index (χ1n) is 5.65. The molecule has 3 N–H and O–H groups in total. The second kappa shape index (κ2) is 5.18. The van der Waals surface area contributed by atoms with Crippen molar-refractivity contribution in [2.24, 2.45) is 0 Å². The van der Waals surface area contributed by atoms with Gasteiger partial charge in [-0.2, -0.15) is 5.10 Å². The van der Waals surface area contributed by atoms with E-state index < -0.39 is 0 Å². The summed E-state index contributed by atoms with van der Waals surface area (Å²) < 4.78 is 1.64. The maximum atomic E-state index is 12.0. The first-order valence-corrected chi connectivity index (χ1v) is 6.53. The van der Waals surface area contributed by atoms with E-state index in [-0.39, 0.29) is 17.6 Å². The topological polar surface area (TPSA) is 85.8 Å². The average Bonchev–Trinajstić information content (AvgIpc) is 2.97. The highest BCUT2D eigenvalue weighted by Crippen LogP contribution is 2.16. The Bertz CT molecular complexity index is 534. The first-order chi connectivity index (χ1) is 8.61. The molecule has 2 rings (SSSR count). The van der Waals surface area contributed by atoms with E-state index in [0.717, 1.165) is 5.01 Å². The van der Waals surface area contributed by atoms with E-state index in [9.17, 15) is 4.79 Å². The fraction of sp³-hybridized carbons (Fsp3) is 0.364. The summed E-state index contributed by atoms with van der Waals surface area (Å²) in [4.78, 5) is 16.2. The maximum Gasteiger partial charge on any atom is 0.274 e. The molecule has 1 amide bonds. The van der Waals surface area contributed by atoms with Gasteiger partial charge in [-0.3, -0.25) is 9.48 Å². The van der Waals surface area contributed by atoms with Gasteiger partial charge in [-0.15, -0.1) is 11.3 Å². The molecule has 0 aliphatic heterocycles. The number of hydrogen-bond donors (Lipinski definition) is 2. The van der Waals surface area contributed by atoms with Gasteiger partial charge < -0.3 is 11.1 Å². The predicted octanol–water partition coefficient (Wildman–Crippen LogP) is 1.43. The fourth-order valence-electron chi connectivity index (χ4n) is 1.55. The van der Waals surface area contributed by atoms with Crippen molar-refractivity contribution in [3.63, 3.8) is 0 Å². The number of thiazole rings is 1. The molecule has 0 fully saturated rings. The van der Waals surface area contributed by atoms with Crippen LogP contribution in [0.5, 0.6) is 0 Å². The number of rotatable bonds is 4. The monoisotopic (exact) mass is 265 g/mol. The van der Waals surface area contributed by atoms with E-state index in [4.69, 9.17) is 5.73 Å². The van der Waals surface area contributed by atoms with Gasteiger partial charge in [0.2, 0.25) is 0 Å². The Morgan fingerprint density at radius 1 is 1.67 bits per heavy atom. The van der Waals surface area contributed by atoms with Crippen LogP contribution in [0.2, 0.25) is 0 Å². The number of nitrogens with zero attached hydrogens (tertiary/aromatic N) is 3. The smallest absolute Gasteiger partial charge is 0.274 e. The molecule has 0 spiro atoms. The summed E-state index contributed by atoms with van der Waals surface area (Å²) in [7, 11) is 0. The Hall–Kier alpha value is -1.89. The van der Waals surface area contributed by atoms with Crippen LogP contribution in [0.25, 0.3) is 0 Å². The first kappa shape index (κ1) is 12.6. The molecule has 6 nitrogen and oxygen atoms in total. The van der Waals surface area contributed by atoms with Crippen molar-refractivity contribution in [3.05, 3.63) is 28.5 Å². The lowest BCUT2D eigenvalue weighted by Gasteiger charge is -2.09. The zero-order valence-corrected chi connectivity index (χ0v) is 11.1. The van der Waals surface area contributed by atoms with Crippen LogP contribution in [-0.2, 0) is 6.54 Å². The number of carbonyl (C=O) groups is 1. The van der Waals surface area contributed by atoms with E-state index >= 15 is 0 Å². The van der Waals surface area contributed by atoms with Crippen molar-refractivity contribution in [1.29, 1.82) is 0 Å². The van der Waals surface area contributed by atoms with Gasteiger partial charge in [0.25, 0.3) is 5.91 Å². The molecule has 2 aromatic rings. The Kier molecular flexibility index (Phi) is 3.61. The van der Waals surface area contributed by atoms with Gasteiger partial charge in [0.1, 0.15) is 5.01 Å². The van der Waals surface area contributed by atoms with Crippen molar-refractivity contribution in [1.82, 2.24) is 20.1 Å². The highest BCUT2D eigenvalue weighted by atomic mass is 32.1. The highest BCUT2D eigenvalue weighted by Gasteiger charge is 2.18. The minimum Gasteiger partial charge on any atom is -0.396 e. The summed E-state index contributed by atoms with van der Waals surface area (Å²) in [5, 5.41) is 9.69. The lowest BCUT2D eigenvalue weighted by Crippen LogP contribution is -2.27. The molecule has 2 aromatic heterocycles. The molecule has 7 heteroatoms. The standard InChI is InChI=1S/C11H15N5OS/c1-3-16-6-8(12)9(15-16)10(17)14-7(2)11-13-4-5-18-11/h4-7H,3,12H2,1-2H3,(H,14,17). The zero-order chi connectivity index (χ0) is 13.1. The minimum atomic E-state index is -0.276. The molecular weight excluding hydrogens is 250 g/mol. The van der Waals surface area contributed by atoms with Gasteiger partial charge in [-0.25, -0.2) is 4.98 Å². The summed E-state index contributed by atoms with van der Waals surface area (Å²) in [5.41, 5.74) is 6.41. The van der Waals surface area contributed by atoms with Gasteiger partial charge in [0.15, 0.2) is 5.69 Å². The van der Waals surface area contributed by atoms with Gasteiger partial charge in [-0.05, 0) is 13.8 Å². The van der Waals surface area contributed by atoms with Crippen LogP contribution < -0.4 is 11.1 Å². The summed E-state index contributed by atoms with van der Waals surface area (Å²) in [5.74, 6) is -0.276. The molecule has 1 unspecified atom stereocenters.